The molecule has 6 rings (SSSR count). The first-order chi connectivity index (χ1) is 16.5. The first-order valence-electron chi connectivity index (χ1n) is 11.2. The molecular formula is C24H23Cl2N7O. The van der Waals surface area contributed by atoms with Crippen LogP contribution in [0.1, 0.15) is 25.0 Å². The molecule has 8 nitrogen and oxygen atoms in total. The van der Waals surface area contributed by atoms with Crippen LogP contribution in [-0.2, 0) is 0 Å². The maximum atomic E-state index is 6.30. The second-order valence-corrected chi connectivity index (χ2v) is 9.93. The Morgan fingerprint density at radius 2 is 1.85 bits per heavy atom. The lowest BCUT2D eigenvalue weighted by Crippen LogP contribution is -2.58. The molecule has 1 spiro atoms. The van der Waals surface area contributed by atoms with E-state index in [1.807, 2.05) is 37.5 Å². The van der Waals surface area contributed by atoms with Crippen LogP contribution >= 0.6 is 23.2 Å². The zero-order valence-corrected chi connectivity index (χ0v) is 20.1. The first kappa shape index (κ1) is 21.6. The Hall–Kier alpha value is -2.94. The molecule has 0 aliphatic carbocycles. The lowest BCUT2D eigenvalue weighted by atomic mass is 9.79. The van der Waals surface area contributed by atoms with E-state index in [1.54, 1.807) is 12.4 Å². The van der Waals surface area contributed by atoms with Gasteiger partial charge in [-0.05, 0) is 38.1 Å². The molecule has 1 aromatic carbocycles. The Morgan fingerprint density at radius 1 is 1.09 bits per heavy atom. The molecule has 174 valence electrons. The average molecular weight is 496 g/mol. The van der Waals surface area contributed by atoms with Gasteiger partial charge in [0.25, 0.3) is 0 Å². The molecule has 1 atom stereocenters. The summed E-state index contributed by atoms with van der Waals surface area (Å²) in [5, 5.41) is 12.9. The third-order valence-corrected chi connectivity index (χ3v) is 7.33. The Labute approximate surface area is 206 Å². The number of benzene rings is 1. The Balaban J connectivity index is 1.23. The van der Waals surface area contributed by atoms with E-state index in [2.05, 4.69) is 35.4 Å². The molecule has 3 aromatic heterocycles. The van der Waals surface area contributed by atoms with E-state index >= 15 is 0 Å². The molecular weight excluding hydrogens is 473 g/mol. The van der Waals surface area contributed by atoms with Gasteiger partial charge in [0.1, 0.15) is 17.5 Å². The molecule has 0 bridgehead atoms. The Morgan fingerprint density at radius 3 is 2.56 bits per heavy atom. The average Bonchev–Trinajstić information content (AvgIpc) is 3.46. The van der Waals surface area contributed by atoms with E-state index in [1.165, 1.54) is 6.42 Å². The summed E-state index contributed by atoms with van der Waals surface area (Å²) in [6.07, 6.45) is 7.67. The summed E-state index contributed by atoms with van der Waals surface area (Å²) >= 11 is 12.6. The third kappa shape index (κ3) is 3.76. The predicted molar refractivity (Wildman–Crippen MR) is 133 cm³/mol. The lowest BCUT2D eigenvalue weighted by molar-refractivity contribution is 0.227. The number of rotatable bonds is 5. The summed E-state index contributed by atoms with van der Waals surface area (Å²) in [6.45, 7) is 6.11. The minimum atomic E-state index is -0.353. The van der Waals surface area contributed by atoms with Gasteiger partial charge in [0.05, 0.1) is 15.6 Å². The number of halogens is 2. The van der Waals surface area contributed by atoms with Crippen LogP contribution in [0.5, 0.6) is 5.75 Å². The van der Waals surface area contributed by atoms with Gasteiger partial charge in [-0.1, -0.05) is 23.2 Å². The number of hydrogen-bond acceptors (Lipinski definition) is 7. The molecule has 2 aliphatic rings. The highest BCUT2D eigenvalue weighted by Crippen LogP contribution is 2.38. The summed E-state index contributed by atoms with van der Waals surface area (Å²) in [5.41, 5.74) is 3.63. The summed E-state index contributed by atoms with van der Waals surface area (Å²) in [6, 6.07) is 5.78. The van der Waals surface area contributed by atoms with Crippen molar-refractivity contribution in [1.29, 1.82) is 0 Å². The van der Waals surface area contributed by atoms with Crippen molar-refractivity contribution < 1.29 is 4.74 Å². The van der Waals surface area contributed by atoms with Crippen molar-refractivity contribution in [2.75, 3.05) is 31.1 Å². The second kappa shape index (κ2) is 8.37. The molecule has 0 unspecified atom stereocenters. The van der Waals surface area contributed by atoms with Crippen molar-refractivity contribution in [2.24, 2.45) is 5.41 Å². The molecule has 0 amide bonds. The van der Waals surface area contributed by atoms with Gasteiger partial charge in [-0.25, -0.2) is 9.97 Å². The molecule has 4 aromatic rings. The van der Waals surface area contributed by atoms with Crippen molar-refractivity contribution in [2.45, 2.75) is 19.4 Å². The van der Waals surface area contributed by atoms with Gasteiger partial charge in [-0.15, -0.1) is 0 Å². The van der Waals surface area contributed by atoms with Crippen LogP contribution in [0.4, 0.5) is 5.95 Å². The van der Waals surface area contributed by atoms with Gasteiger partial charge in [-0.2, -0.15) is 5.10 Å². The summed E-state index contributed by atoms with van der Waals surface area (Å²) in [4.78, 5) is 15.5. The largest absolute Gasteiger partial charge is 0.486 e. The number of hydrogen-bond donors (Lipinski definition) is 2. The van der Waals surface area contributed by atoms with Crippen molar-refractivity contribution >= 4 is 40.1 Å². The van der Waals surface area contributed by atoms with Crippen LogP contribution in [0.2, 0.25) is 10.0 Å². The van der Waals surface area contributed by atoms with Crippen LogP contribution in [0.25, 0.3) is 22.2 Å². The van der Waals surface area contributed by atoms with Crippen molar-refractivity contribution in [3.8, 4) is 17.0 Å². The maximum absolute atomic E-state index is 6.30. The fraction of sp³-hybridized carbons (Fsp3) is 0.333. The molecule has 2 N–H and O–H groups in total. The Bertz CT molecular complexity index is 1320. The van der Waals surface area contributed by atoms with Crippen molar-refractivity contribution in [1.82, 2.24) is 30.5 Å². The van der Waals surface area contributed by atoms with Crippen molar-refractivity contribution in [3.63, 3.8) is 0 Å². The molecule has 0 saturated carbocycles. The van der Waals surface area contributed by atoms with Gasteiger partial charge in [0.15, 0.2) is 0 Å². The Kier molecular flexibility index (Phi) is 5.32. The molecule has 0 radical (unpaired) electrons. The first-order valence-corrected chi connectivity index (χ1v) is 12.0. The summed E-state index contributed by atoms with van der Waals surface area (Å²) < 4.78 is 6.17. The molecule has 10 heteroatoms. The maximum Gasteiger partial charge on any atom is 0.225 e. The van der Waals surface area contributed by atoms with Crippen molar-refractivity contribution in [3.05, 3.63) is 58.6 Å². The summed E-state index contributed by atoms with van der Waals surface area (Å²) in [7, 11) is 0. The summed E-state index contributed by atoms with van der Waals surface area (Å²) in [5.74, 6) is 1.45. The van der Waals surface area contributed by atoms with E-state index in [0.29, 0.717) is 26.8 Å². The number of aromatic nitrogens is 5. The van der Waals surface area contributed by atoms with Crippen LogP contribution in [0.15, 0.2) is 43.0 Å². The van der Waals surface area contributed by atoms with E-state index in [9.17, 15) is 0 Å². The number of anilines is 1. The zero-order chi connectivity index (χ0) is 23.3. The van der Waals surface area contributed by atoms with Crippen LogP contribution in [0, 0.1) is 5.41 Å². The second-order valence-electron chi connectivity index (χ2n) is 9.11. The topological polar surface area (TPSA) is 91.8 Å². The highest BCUT2D eigenvalue weighted by atomic mass is 35.5. The number of pyridine rings is 1. The van der Waals surface area contributed by atoms with Crippen LogP contribution < -0.4 is 15.0 Å². The number of fused-ring (bicyclic) bond motifs is 1. The molecule has 2 saturated heterocycles. The van der Waals surface area contributed by atoms with Crippen LogP contribution in [-0.4, -0.2) is 51.3 Å². The standard InChI is InChI=1S/C24H23Cl2N7O/c1-14(21-18(25)9-28-10-19(21)26)34-16-2-3-20-17(6-16)22(32-31-20)15-7-29-23(30-8-15)33-12-24(13-33)4-5-27-11-24/h2-3,6-10,14,27H,4-5,11-13H2,1H3,(H,31,32)/t14-/m1/s1. The highest BCUT2D eigenvalue weighted by Gasteiger charge is 2.45. The van der Waals surface area contributed by atoms with Gasteiger partial charge in [0, 0.05) is 66.3 Å². The fourth-order valence-electron chi connectivity index (χ4n) is 4.94. The van der Waals surface area contributed by atoms with E-state index < -0.39 is 0 Å². The molecule has 34 heavy (non-hydrogen) atoms. The van der Waals surface area contributed by atoms with Gasteiger partial charge in [-0.3, -0.25) is 10.1 Å². The number of nitrogens with zero attached hydrogens (tertiary/aromatic N) is 5. The lowest BCUT2D eigenvalue weighted by Gasteiger charge is -2.47. The van der Waals surface area contributed by atoms with Gasteiger partial charge >= 0.3 is 0 Å². The molecule has 2 fully saturated rings. The van der Waals surface area contributed by atoms with Crippen LogP contribution in [0.3, 0.4) is 0 Å². The predicted octanol–water partition coefficient (Wildman–Crippen LogP) is 4.66. The van der Waals surface area contributed by atoms with E-state index in [-0.39, 0.29) is 6.10 Å². The highest BCUT2D eigenvalue weighted by molar-refractivity contribution is 6.35. The molecule has 5 heterocycles. The fourth-order valence-corrected chi connectivity index (χ4v) is 5.61. The van der Waals surface area contributed by atoms with E-state index in [4.69, 9.17) is 27.9 Å². The number of H-pyrrole nitrogens is 1. The third-order valence-electron chi connectivity index (χ3n) is 6.72. The minimum Gasteiger partial charge on any atom is -0.486 e. The SMILES string of the molecule is C[C@@H](Oc1ccc2[nH]nc(-c3cnc(N4CC5(CCNC5)C4)nc3)c2c1)c1c(Cl)cncc1Cl. The van der Waals surface area contributed by atoms with Gasteiger partial charge < -0.3 is 15.0 Å². The quantitative estimate of drug-likeness (QED) is 0.415. The number of ether oxygens (including phenoxy) is 1. The number of aromatic amines is 1. The van der Waals surface area contributed by atoms with Gasteiger partial charge in [0.2, 0.25) is 5.95 Å². The molecule has 2 aliphatic heterocycles. The van der Waals surface area contributed by atoms with E-state index in [0.717, 1.165) is 54.3 Å². The zero-order valence-electron chi connectivity index (χ0n) is 18.6. The number of nitrogens with one attached hydrogen (secondary N) is 2. The normalized spacial score (nSPS) is 17.8. The minimum absolute atomic E-state index is 0.353. The monoisotopic (exact) mass is 495 g/mol. The smallest absolute Gasteiger partial charge is 0.225 e.